The number of hydrogen-bond acceptors (Lipinski definition) is 5. The van der Waals surface area contributed by atoms with Gasteiger partial charge in [-0.05, 0) is 43.7 Å². The summed E-state index contributed by atoms with van der Waals surface area (Å²) < 4.78 is 7.44. The number of aryl methyl sites for hydroxylation is 1. The zero-order valence-corrected chi connectivity index (χ0v) is 13.8. The number of benzene rings is 1. The van der Waals surface area contributed by atoms with Crippen LogP contribution >= 0.6 is 0 Å². The Morgan fingerprint density at radius 3 is 2.88 bits per heavy atom. The molecule has 0 spiro atoms. The molecule has 6 nitrogen and oxygen atoms in total. The molecule has 0 aliphatic carbocycles. The van der Waals surface area contributed by atoms with Gasteiger partial charge in [0.1, 0.15) is 18.5 Å². The van der Waals surface area contributed by atoms with Gasteiger partial charge in [-0.3, -0.25) is 9.58 Å². The Hall–Kier alpha value is -2.36. The summed E-state index contributed by atoms with van der Waals surface area (Å²) in [4.78, 5) is 2.30. The molecule has 24 heavy (non-hydrogen) atoms. The van der Waals surface area contributed by atoms with Gasteiger partial charge in [-0.1, -0.05) is 0 Å². The van der Waals surface area contributed by atoms with Gasteiger partial charge < -0.3 is 9.84 Å². The zero-order valence-electron chi connectivity index (χ0n) is 13.8. The zero-order chi connectivity index (χ0) is 16.9. The first-order valence-electron chi connectivity index (χ1n) is 8.19. The van der Waals surface area contributed by atoms with E-state index in [2.05, 4.69) is 16.1 Å². The maximum Gasteiger partial charge on any atom is 0.119 e. The Morgan fingerprint density at radius 2 is 2.21 bits per heavy atom. The summed E-state index contributed by atoms with van der Waals surface area (Å²) in [6.45, 7) is 1.80. The summed E-state index contributed by atoms with van der Waals surface area (Å²) in [6, 6.07) is 9.31. The lowest BCUT2D eigenvalue weighted by Crippen LogP contribution is -2.35. The first kappa shape index (κ1) is 16.5. The topological polar surface area (TPSA) is 74.3 Å². The Balaban J connectivity index is 1.52. The largest absolute Gasteiger partial charge is 0.491 e. The first-order chi connectivity index (χ1) is 11.7. The Kier molecular flexibility index (Phi) is 5.14. The molecule has 6 heteroatoms. The highest BCUT2D eigenvalue weighted by molar-refractivity contribution is 5.34. The summed E-state index contributed by atoms with van der Waals surface area (Å²) >= 11 is 0. The van der Waals surface area contributed by atoms with Crippen LogP contribution in [0.5, 0.6) is 5.75 Å². The average Bonchev–Trinajstić information content (AvgIpc) is 3.22. The number of hydrogen-bond donors (Lipinski definition) is 1. The highest BCUT2D eigenvalue weighted by atomic mass is 16.5. The van der Waals surface area contributed by atoms with Crippen LogP contribution in [0.25, 0.3) is 0 Å². The maximum atomic E-state index is 10.3. The minimum absolute atomic E-state index is 0.238. The van der Waals surface area contributed by atoms with Gasteiger partial charge in [0.25, 0.3) is 0 Å². The van der Waals surface area contributed by atoms with Gasteiger partial charge in [0.15, 0.2) is 0 Å². The van der Waals surface area contributed by atoms with Crippen LogP contribution in [0.3, 0.4) is 0 Å². The van der Waals surface area contributed by atoms with Crippen molar-refractivity contribution in [2.45, 2.75) is 25.0 Å². The van der Waals surface area contributed by atoms with Crippen molar-refractivity contribution in [1.29, 1.82) is 5.26 Å². The highest BCUT2D eigenvalue weighted by Gasteiger charge is 2.28. The number of likely N-dealkylation sites (tertiary alicyclic amines) is 1. The second kappa shape index (κ2) is 7.47. The van der Waals surface area contributed by atoms with Crippen molar-refractivity contribution in [1.82, 2.24) is 14.7 Å². The van der Waals surface area contributed by atoms with Crippen molar-refractivity contribution in [3.8, 4) is 11.8 Å². The summed E-state index contributed by atoms with van der Waals surface area (Å²) in [5.74, 6) is 0.665. The average molecular weight is 326 g/mol. The fraction of sp³-hybridized carbons (Fsp3) is 0.444. The monoisotopic (exact) mass is 326 g/mol. The molecule has 126 valence electrons. The molecule has 1 fully saturated rings. The van der Waals surface area contributed by atoms with Crippen molar-refractivity contribution in [2.75, 3.05) is 19.7 Å². The molecule has 1 N–H and O–H groups in total. The van der Waals surface area contributed by atoms with E-state index in [-0.39, 0.29) is 6.61 Å². The fourth-order valence-electron chi connectivity index (χ4n) is 3.18. The number of aliphatic hydroxyl groups excluding tert-OH is 1. The molecule has 0 radical (unpaired) electrons. The highest BCUT2D eigenvalue weighted by Crippen LogP contribution is 2.31. The lowest BCUT2D eigenvalue weighted by Gasteiger charge is -2.26. The molecular formula is C18H22N4O2. The van der Waals surface area contributed by atoms with E-state index in [1.54, 1.807) is 24.3 Å². The number of β-amino-alcohol motifs (C(OH)–C–C–N with tert-alkyl or cyclic N) is 1. The molecule has 0 bridgehead atoms. The quantitative estimate of drug-likeness (QED) is 0.877. The molecule has 2 atom stereocenters. The molecular weight excluding hydrogens is 304 g/mol. The molecule has 1 aromatic carbocycles. The molecule has 2 aromatic rings. The Bertz CT molecular complexity index is 705. The lowest BCUT2D eigenvalue weighted by molar-refractivity contribution is 0.0638. The van der Waals surface area contributed by atoms with Crippen LogP contribution in [0.2, 0.25) is 0 Å². The van der Waals surface area contributed by atoms with Gasteiger partial charge in [0.2, 0.25) is 0 Å². The Labute approximate surface area is 141 Å². The van der Waals surface area contributed by atoms with E-state index in [1.807, 2.05) is 24.1 Å². The van der Waals surface area contributed by atoms with E-state index in [1.165, 1.54) is 5.56 Å². The molecule has 1 aromatic heterocycles. The molecule has 2 heterocycles. The fourth-order valence-corrected chi connectivity index (χ4v) is 3.18. The second-order valence-corrected chi connectivity index (χ2v) is 6.20. The molecule has 1 aliphatic heterocycles. The minimum Gasteiger partial charge on any atom is -0.491 e. The van der Waals surface area contributed by atoms with E-state index >= 15 is 0 Å². The number of aromatic nitrogens is 2. The van der Waals surface area contributed by atoms with Gasteiger partial charge in [0.05, 0.1) is 17.8 Å². The molecule has 1 aliphatic rings. The van der Waals surface area contributed by atoms with Gasteiger partial charge in [-0.25, -0.2) is 0 Å². The third kappa shape index (κ3) is 3.94. The normalized spacial score (nSPS) is 19.1. The molecule has 0 unspecified atom stereocenters. The van der Waals surface area contributed by atoms with Crippen molar-refractivity contribution in [3.63, 3.8) is 0 Å². The Morgan fingerprint density at radius 1 is 1.42 bits per heavy atom. The van der Waals surface area contributed by atoms with Gasteiger partial charge >= 0.3 is 0 Å². The lowest BCUT2D eigenvalue weighted by atomic mass is 10.1. The van der Waals surface area contributed by atoms with Crippen molar-refractivity contribution in [3.05, 3.63) is 47.8 Å². The van der Waals surface area contributed by atoms with Crippen LogP contribution in [0.4, 0.5) is 0 Å². The van der Waals surface area contributed by atoms with Crippen molar-refractivity contribution >= 4 is 0 Å². The smallest absolute Gasteiger partial charge is 0.119 e. The predicted molar refractivity (Wildman–Crippen MR) is 89.4 cm³/mol. The van der Waals surface area contributed by atoms with E-state index in [9.17, 15) is 5.11 Å². The van der Waals surface area contributed by atoms with Gasteiger partial charge in [-0.2, -0.15) is 10.4 Å². The van der Waals surface area contributed by atoms with Crippen LogP contribution in [-0.4, -0.2) is 45.6 Å². The summed E-state index contributed by atoms with van der Waals surface area (Å²) in [5.41, 5.74) is 1.80. The van der Waals surface area contributed by atoms with Crippen molar-refractivity contribution < 1.29 is 9.84 Å². The number of rotatable bonds is 6. The van der Waals surface area contributed by atoms with Crippen molar-refractivity contribution in [2.24, 2.45) is 7.05 Å². The first-order valence-corrected chi connectivity index (χ1v) is 8.19. The molecule has 3 rings (SSSR count). The summed E-state index contributed by atoms with van der Waals surface area (Å²) in [7, 11) is 1.92. The summed E-state index contributed by atoms with van der Waals surface area (Å²) in [6.07, 6.45) is 5.61. The second-order valence-electron chi connectivity index (χ2n) is 6.20. The van der Waals surface area contributed by atoms with Crippen LogP contribution in [-0.2, 0) is 7.05 Å². The van der Waals surface area contributed by atoms with Gasteiger partial charge in [-0.15, -0.1) is 0 Å². The number of ether oxygens (including phenoxy) is 1. The van der Waals surface area contributed by atoms with E-state index < -0.39 is 6.10 Å². The third-order valence-electron chi connectivity index (χ3n) is 4.34. The number of nitriles is 1. The summed E-state index contributed by atoms with van der Waals surface area (Å²) in [5, 5.41) is 23.3. The third-order valence-corrected chi connectivity index (χ3v) is 4.34. The standard InChI is InChI=1S/C18H22N4O2/c1-21-11-15(10-20-21)18-3-2-8-22(18)12-16(23)13-24-17-6-4-14(9-19)5-7-17/h4-7,10-11,16,18,23H,2-3,8,12-13H2,1H3/t16-,18+/m0/s1. The van der Waals surface area contributed by atoms with E-state index in [0.29, 0.717) is 23.9 Å². The van der Waals surface area contributed by atoms with E-state index in [4.69, 9.17) is 10.00 Å². The molecule has 1 saturated heterocycles. The molecule has 0 saturated carbocycles. The molecule has 0 amide bonds. The van der Waals surface area contributed by atoms with E-state index in [0.717, 1.165) is 19.4 Å². The predicted octanol–water partition coefficient (Wildman–Crippen LogP) is 1.87. The minimum atomic E-state index is -0.557. The van der Waals surface area contributed by atoms with Crippen LogP contribution in [0.1, 0.15) is 30.0 Å². The van der Waals surface area contributed by atoms with Crippen LogP contribution in [0.15, 0.2) is 36.7 Å². The van der Waals surface area contributed by atoms with Crippen LogP contribution in [0, 0.1) is 11.3 Å². The maximum absolute atomic E-state index is 10.3. The number of aliphatic hydroxyl groups is 1. The number of nitrogens with zero attached hydrogens (tertiary/aromatic N) is 4. The SMILES string of the molecule is Cn1cc([C@H]2CCCN2C[C@H](O)COc2ccc(C#N)cc2)cn1. The van der Waals surface area contributed by atoms with Gasteiger partial charge in [0, 0.05) is 31.4 Å². The van der Waals surface area contributed by atoms with Crippen LogP contribution < -0.4 is 4.74 Å².